The topological polar surface area (TPSA) is 72.2 Å². The number of nitrogens with zero attached hydrogens (tertiary/aromatic N) is 2. The van der Waals surface area contributed by atoms with Crippen molar-refractivity contribution < 1.29 is 14.7 Å². The van der Waals surface area contributed by atoms with Gasteiger partial charge in [-0.1, -0.05) is 0 Å². The predicted molar refractivity (Wildman–Crippen MR) is 57.0 cm³/mol. The highest BCUT2D eigenvalue weighted by Crippen LogP contribution is 2.26. The molecule has 1 aromatic rings. The van der Waals surface area contributed by atoms with E-state index in [0.29, 0.717) is 0 Å². The summed E-state index contributed by atoms with van der Waals surface area (Å²) in [6.07, 6.45) is 0. The van der Waals surface area contributed by atoms with Crippen LogP contribution in [-0.4, -0.2) is 34.5 Å². The lowest BCUT2D eigenvalue weighted by molar-refractivity contribution is -0.116. The van der Waals surface area contributed by atoms with Gasteiger partial charge in [-0.3, -0.25) is 4.68 Å². The molecule has 0 bridgehead atoms. The molecule has 0 saturated carbocycles. The molecule has 0 fully saturated rings. The summed E-state index contributed by atoms with van der Waals surface area (Å²) in [7, 11) is 7.05. The second-order valence-electron chi connectivity index (χ2n) is 3.06. The zero-order chi connectivity index (χ0) is 11.7. The van der Waals surface area contributed by atoms with Crippen LogP contribution in [0.1, 0.15) is 28.9 Å². The Hall–Kier alpha value is -1.11. The number of carboxylic acids is 1. The second kappa shape index (κ2) is 4.18. The number of carboxylic acid groups (broad SMARTS) is 1. The highest BCUT2D eigenvalue weighted by atomic mass is 79.9. The van der Waals surface area contributed by atoms with Gasteiger partial charge in [0, 0.05) is 12.9 Å². The van der Waals surface area contributed by atoms with E-state index in [0.717, 1.165) is 0 Å². The fourth-order valence-electron chi connectivity index (χ4n) is 1.14. The standard InChI is InChI=1S/C8H8BBrN2O3/c1-3(13)4(9)6-5(10)7(8(14)15)12(2)11-6/h4H,1-2H3,(H,14,15). The fraction of sp³-hybridized carbons (Fsp3) is 0.375. The van der Waals surface area contributed by atoms with Crippen molar-refractivity contribution in [1.29, 1.82) is 0 Å². The lowest BCUT2D eigenvalue weighted by atomic mass is 9.81. The number of hydrogen-bond donors (Lipinski definition) is 1. The molecule has 0 aliphatic carbocycles. The third-order valence-corrected chi connectivity index (χ3v) is 2.73. The normalized spacial score (nSPS) is 12.5. The summed E-state index contributed by atoms with van der Waals surface area (Å²) in [6, 6.07) is 0. The fourth-order valence-corrected chi connectivity index (χ4v) is 1.89. The highest BCUT2D eigenvalue weighted by molar-refractivity contribution is 9.10. The second-order valence-corrected chi connectivity index (χ2v) is 3.86. The van der Waals surface area contributed by atoms with Crippen LogP contribution in [0.25, 0.3) is 0 Å². The van der Waals surface area contributed by atoms with Crippen LogP contribution in [0.4, 0.5) is 0 Å². The van der Waals surface area contributed by atoms with Gasteiger partial charge in [-0.05, 0) is 22.9 Å². The summed E-state index contributed by atoms with van der Waals surface area (Å²) in [5.41, 5.74) is 0.212. The third kappa shape index (κ3) is 2.12. The highest BCUT2D eigenvalue weighted by Gasteiger charge is 2.24. The van der Waals surface area contributed by atoms with Crippen molar-refractivity contribution in [1.82, 2.24) is 9.78 Å². The Bertz CT molecular complexity index is 430. The number of rotatable bonds is 3. The molecule has 1 N–H and O–H groups in total. The van der Waals surface area contributed by atoms with Gasteiger partial charge < -0.3 is 9.90 Å². The van der Waals surface area contributed by atoms with Gasteiger partial charge >= 0.3 is 5.97 Å². The summed E-state index contributed by atoms with van der Waals surface area (Å²) in [5.74, 6) is -2.30. The smallest absolute Gasteiger partial charge is 0.355 e. The van der Waals surface area contributed by atoms with Gasteiger partial charge in [0.05, 0.1) is 18.0 Å². The average molecular weight is 271 g/mol. The number of carbonyl (C=O) groups is 2. The first-order valence-electron chi connectivity index (χ1n) is 4.08. The molecule has 1 aromatic heterocycles. The molecule has 0 saturated heterocycles. The number of halogens is 1. The van der Waals surface area contributed by atoms with Gasteiger partial charge in [-0.15, -0.1) is 0 Å². The third-order valence-electron chi connectivity index (χ3n) is 1.95. The number of ketones is 1. The minimum Gasteiger partial charge on any atom is -0.476 e. The molecule has 2 radical (unpaired) electrons. The molecule has 0 amide bonds. The lowest BCUT2D eigenvalue weighted by Crippen LogP contribution is -2.10. The van der Waals surface area contributed by atoms with E-state index in [4.69, 9.17) is 13.0 Å². The molecule has 1 atom stereocenters. The summed E-state index contributed by atoms with van der Waals surface area (Å²) in [4.78, 5) is 21.9. The zero-order valence-electron chi connectivity index (χ0n) is 8.19. The van der Waals surface area contributed by atoms with Crippen molar-refractivity contribution in [3.8, 4) is 0 Å². The van der Waals surface area contributed by atoms with Crippen molar-refractivity contribution in [2.75, 3.05) is 0 Å². The van der Waals surface area contributed by atoms with Crippen LogP contribution in [0.15, 0.2) is 4.47 Å². The van der Waals surface area contributed by atoms with E-state index in [1.165, 1.54) is 18.7 Å². The monoisotopic (exact) mass is 270 g/mol. The Kier molecular flexibility index (Phi) is 3.33. The van der Waals surface area contributed by atoms with Crippen molar-refractivity contribution in [3.63, 3.8) is 0 Å². The maximum absolute atomic E-state index is 11.0. The van der Waals surface area contributed by atoms with Crippen molar-refractivity contribution >= 4 is 35.5 Å². The predicted octanol–water partition coefficient (Wildman–Crippen LogP) is 0.679. The van der Waals surface area contributed by atoms with E-state index in [2.05, 4.69) is 21.0 Å². The number of aromatic carboxylic acids is 1. The van der Waals surface area contributed by atoms with Crippen LogP contribution in [0.5, 0.6) is 0 Å². The first-order valence-corrected chi connectivity index (χ1v) is 4.87. The van der Waals surface area contributed by atoms with Gasteiger partial charge in [0.1, 0.15) is 5.78 Å². The summed E-state index contributed by atoms with van der Waals surface area (Å²) < 4.78 is 1.42. The average Bonchev–Trinajstić information content (AvgIpc) is 2.40. The van der Waals surface area contributed by atoms with E-state index in [1.54, 1.807) is 0 Å². The molecule has 0 aromatic carbocycles. The van der Waals surface area contributed by atoms with E-state index < -0.39 is 11.8 Å². The Morgan fingerprint density at radius 1 is 1.60 bits per heavy atom. The molecule has 15 heavy (non-hydrogen) atoms. The van der Waals surface area contributed by atoms with E-state index >= 15 is 0 Å². The number of hydrogen-bond acceptors (Lipinski definition) is 3. The molecule has 1 rings (SSSR count). The van der Waals surface area contributed by atoms with Crippen LogP contribution >= 0.6 is 15.9 Å². The van der Waals surface area contributed by atoms with Crippen molar-refractivity contribution in [3.05, 3.63) is 15.9 Å². The first-order chi connectivity index (χ1) is 6.86. The van der Waals surface area contributed by atoms with Crippen LogP contribution in [-0.2, 0) is 11.8 Å². The Balaban J connectivity index is 3.29. The van der Waals surface area contributed by atoms with Gasteiger partial charge in [-0.2, -0.15) is 5.10 Å². The Morgan fingerprint density at radius 2 is 2.13 bits per heavy atom. The molecule has 0 spiro atoms. The maximum Gasteiger partial charge on any atom is 0.355 e. The molecule has 0 aliphatic rings. The van der Waals surface area contributed by atoms with Crippen LogP contribution < -0.4 is 0 Å². The molecular formula is C8H8BBrN2O3. The molecule has 78 valence electrons. The van der Waals surface area contributed by atoms with Crippen LogP contribution in [0.3, 0.4) is 0 Å². The lowest BCUT2D eigenvalue weighted by Gasteiger charge is -2.03. The summed E-state index contributed by atoms with van der Waals surface area (Å²) in [5, 5.41) is 12.8. The molecule has 0 aliphatic heterocycles. The number of aryl methyl sites for hydroxylation is 1. The van der Waals surface area contributed by atoms with Crippen LogP contribution in [0, 0.1) is 0 Å². The molecule has 7 heteroatoms. The molecular weight excluding hydrogens is 263 g/mol. The summed E-state index contributed by atoms with van der Waals surface area (Å²) >= 11 is 3.08. The number of Topliss-reactive ketones (excluding diaryl/α,β-unsaturated/α-hetero) is 1. The minimum absolute atomic E-state index is 0.0262. The minimum atomic E-state index is -1.13. The maximum atomic E-state index is 11.0. The molecule has 1 unspecified atom stereocenters. The van der Waals surface area contributed by atoms with Crippen LogP contribution in [0.2, 0.25) is 0 Å². The van der Waals surface area contributed by atoms with Crippen molar-refractivity contribution in [2.24, 2.45) is 7.05 Å². The van der Waals surface area contributed by atoms with Gasteiger partial charge in [0.25, 0.3) is 0 Å². The molecule has 5 nitrogen and oxygen atoms in total. The van der Waals surface area contributed by atoms with E-state index in [1.807, 2.05) is 0 Å². The number of carbonyl (C=O) groups excluding carboxylic acids is 1. The SMILES string of the molecule is [B]C(C(C)=O)c1nn(C)c(C(=O)O)c1Br. The van der Waals surface area contributed by atoms with E-state index in [-0.39, 0.29) is 21.6 Å². The number of aromatic nitrogens is 2. The Morgan fingerprint density at radius 3 is 2.47 bits per heavy atom. The largest absolute Gasteiger partial charge is 0.476 e. The van der Waals surface area contributed by atoms with Crippen molar-refractivity contribution in [2.45, 2.75) is 12.7 Å². The first kappa shape index (κ1) is 12.0. The quantitative estimate of drug-likeness (QED) is 0.820. The van der Waals surface area contributed by atoms with E-state index in [9.17, 15) is 9.59 Å². The van der Waals surface area contributed by atoms with Gasteiger partial charge in [-0.25, -0.2) is 4.79 Å². The molecule has 1 heterocycles. The summed E-state index contributed by atoms with van der Waals surface area (Å²) in [6.45, 7) is 1.33. The Labute approximate surface area is 96.0 Å². The zero-order valence-corrected chi connectivity index (χ0v) is 9.78. The van der Waals surface area contributed by atoms with Gasteiger partial charge in [0.15, 0.2) is 5.69 Å². The van der Waals surface area contributed by atoms with Gasteiger partial charge in [0.2, 0.25) is 0 Å².